The summed E-state index contributed by atoms with van der Waals surface area (Å²) in [5.41, 5.74) is 3.91. The molecule has 0 radical (unpaired) electrons. The summed E-state index contributed by atoms with van der Waals surface area (Å²) in [7, 11) is 1.67. The van der Waals surface area contributed by atoms with Crippen molar-refractivity contribution in [1.29, 1.82) is 0 Å². The van der Waals surface area contributed by atoms with Crippen LogP contribution in [0.5, 0.6) is 5.75 Å². The van der Waals surface area contributed by atoms with Gasteiger partial charge >= 0.3 is 0 Å². The van der Waals surface area contributed by atoms with Gasteiger partial charge in [-0.25, -0.2) is 4.98 Å². The minimum Gasteiger partial charge on any atom is -0.497 e. The van der Waals surface area contributed by atoms with Gasteiger partial charge in [0.25, 0.3) is 0 Å². The SMILES string of the molecule is COc1ccc(CNc2nc3ncccc3n2-c2ccccc2)cc1. The highest BCUT2D eigenvalue weighted by atomic mass is 16.5. The van der Waals surface area contributed by atoms with E-state index in [1.165, 1.54) is 0 Å². The first-order valence-electron chi connectivity index (χ1n) is 8.11. The van der Waals surface area contributed by atoms with Crippen LogP contribution in [0, 0.1) is 0 Å². The Hall–Kier alpha value is -3.34. The van der Waals surface area contributed by atoms with Crippen molar-refractivity contribution in [3.05, 3.63) is 78.5 Å². The molecule has 0 aliphatic carbocycles. The molecule has 0 saturated heterocycles. The standard InChI is InChI=1S/C20H18N4O/c1-25-17-11-9-15(10-12-17)14-22-20-23-19-18(8-5-13-21-19)24(20)16-6-3-2-4-7-16/h2-13H,14H2,1H3,(H,21,22,23). The van der Waals surface area contributed by atoms with Crippen LogP contribution < -0.4 is 10.1 Å². The highest BCUT2D eigenvalue weighted by Gasteiger charge is 2.12. The molecule has 2 aromatic carbocycles. The molecule has 0 fully saturated rings. The normalized spacial score (nSPS) is 10.8. The Labute approximate surface area is 145 Å². The first kappa shape index (κ1) is 15.2. The Kier molecular flexibility index (Phi) is 4.04. The summed E-state index contributed by atoms with van der Waals surface area (Å²) >= 11 is 0. The summed E-state index contributed by atoms with van der Waals surface area (Å²) in [6.07, 6.45) is 1.76. The fourth-order valence-corrected chi connectivity index (χ4v) is 2.80. The maximum absolute atomic E-state index is 5.20. The number of benzene rings is 2. The molecule has 5 nitrogen and oxygen atoms in total. The number of methoxy groups -OCH3 is 1. The predicted molar refractivity (Wildman–Crippen MR) is 99.2 cm³/mol. The molecule has 0 bridgehead atoms. The van der Waals surface area contributed by atoms with Gasteiger partial charge in [0.15, 0.2) is 5.65 Å². The van der Waals surface area contributed by atoms with Crippen LogP contribution >= 0.6 is 0 Å². The number of nitrogens with one attached hydrogen (secondary N) is 1. The lowest BCUT2D eigenvalue weighted by molar-refractivity contribution is 0.414. The first-order chi connectivity index (χ1) is 12.3. The van der Waals surface area contributed by atoms with E-state index in [9.17, 15) is 0 Å². The highest BCUT2D eigenvalue weighted by Crippen LogP contribution is 2.23. The molecule has 2 heterocycles. The summed E-state index contributed by atoms with van der Waals surface area (Å²) < 4.78 is 7.29. The number of para-hydroxylation sites is 1. The fourth-order valence-electron chi connectivity index (χ4n) is 2.80. The summed E-state index contributed by atoms with van der Waals surface area (Å²) in [6, 6.07) is 22.1. The van der Waals surface area contributed by atoms with Crippen LogP contribution in [0.1, 0.15) is 5.56 Å². The van der Waals surface area contributed by atoms with E-state index in [0.29, 0.717) is 6.54 Å². The molecule has 2 aromatic heterocycles. The Bertz CT molecular complexity index is 978. The van der Waals surface area contributed by atoms with E-state index in [1.54, 1.807) is 13.3 Å². The van der Waals surface area contributed by atoms with Gasteiger partial charge in [-0.15, -0.1) is 0 Å². The maximum Gasteiger partial charge on any atom is 0.210 e. The topological polar surface area (TPSA) is 52.0 Å². The van der Waals surface area contributed by atoms with E-state index in [-0.39, 0.29) is 0 Å². The molecule has 124 valence electrons. The number of hydrogen-bond acceptors (Lipinski definition) is 4. The van der Waals surface area contributed by atoms with Crippen LogP contribution in [0.3, 0.4) is 0 Å². The van der Waals surface area contributed by atoms with E-state index in [4.69, 9.17) is 4.74 Å². The Morgan fingerprint density at radius 1 is 0.960 bits per heavy atom. The largest absolute Gasteiger partial charge is 0.497 e. The third-order valence-electron chi connectivity index (χ3n) is 4.05. The smallest absolute Gasteiger partial charge is 0.210 e. The van der Waals surface area contributed by atoms with E-state index >= 15 is 0 Å². The highest BCUT2D eigenvalue weighted by molar-refractivity contribution is 5.77. The zero-order chi connectivity index (χ0) is 17.1. The van der Waals surface area contributed by atoms with Crippen molar-refractivity contribution in [2.45, 2.75) is 6.54 Å². The lowest BCUT2D eigenvalue weighted by Gasteiger charge is -2.11. The summed E-state index contributed by atoms with van der Waals surface area (Å²) in [5, 5.41) is 3.43. The lowest BCUT2D eigenvalue weighted by atomic mass is 10.2. The van der Waals surface area contributed by atoms with Crippen molar-refractivity contribution in [3.8, 4) is 11.4 Å². The zero-order valence-corrected chi connectivity index (χ0v) is 13.9. The van der Waals surface area contributed by atoms with Gasteiger partial charge in [-0.2, -0.15) is 4.98 Å². The molecular formula is C20H18N4O. The lowest BCUT2D eigenvalue weighted by Crippen LogP contribution is -2.06. The number of hydrogen-bond donors (Lipinski definition) is 1. The second-order valence-electron chi connectivity index (χ2n) is 5.65. The van der Waals surface area contributed by atoms with Crippen LogP contribution in [-0.4, -0.2) is 21.6 Å². The quantitative estimate of drug-likeness (QED) is 0.600. The van der Waals surface area contributed by atoms with Crippen LogP contribution in [0.4, 0.5) is 5.95 Å². The van der Waals surface area contributed by atoms with E-state index < -0.39 is 0 Å². The minimum absolute atomic E-state index is 0.667. The number of pyridine rings is 1. The van der Waals surface area contributed by atoms with Gasteiger partial charge in [0.1, 0.15) is 5.75 Å². The number of rotatable bonds is 5. The van der Waals surface area contributed by atoms with E-state index in [2.05, 4.69) is 32.0 Å². The molecule has 0 unspecified atom stereocenters. The molecule has 4 rings (SSSR count). The van der Waals surface area contributed by atoms with Crippen LogP contribution in [-0.2, 0) is 6.54 Å². The monoisotopic (exact) mass is 330 g/mol. The fraction of sp³-hybridized carbons (Fsp3) is 0.100. The van der Waals surface area contributed by atoms with Gasteiger partial charge in [0, 0.05) is 18.4 Å². The molecule has 0 spiro atoms. The van der Waals surface area contributed by atoms with E-state index in [0.717, 1.165) is 34.1 Å². The van der Waals surface area contributed by atoms with Crippen molar-refractivity contribution in [2.75, 3.05) is 12.4 Å². The van der Waals surface area contributed by atoms with Crippen molar-refractivity contribution < 1.29 is 4.74 Å². The molecule has 0 amide bonds. The molecule has 4 aromatic rings. The van der Waals surface area contributed by atoms with Gasteiger partial charge in [-0.3, -0.25) is 4.57 Å². The summed E-state index contributed by atoms with van der Waals surface area (Å²) in [6.45, 7) is 0.667. The number of fused-ring (bicyclic) bond motifs is 1. The zero-order valence-electron chi connectivity index (χ0n) is 13.9. The number of anilines is 1. The molecule has 5 heteroatoms. The molecule has 25 heavy (non-hydrogen) atoms. The molecular weight excluding hydrogens is 312 g/mol. The van der Waals surface area contributed by atoms with Crippen LogP contribution in [0.2, 0.25) is 0 Å². The number of imidazole rings is 1. The van der Waals surface area contributed by atoms with Crippen molar-refractivity contribution in [1.82, 2.24) is 14.5 Å². The second kappa shape index (κ2) is 6.65. The van der Waals surface area contributed by atoms with E-state index in [1.807, 2.05) is 54.6 Å². The summed E-state index contributed by atoms with van der Waals surface area (Å²) in [5.74, 6) is 1.63. The van der Waals surface area contributed by atoms with Gasteiger partial charge < -0.3 is 10.1 Å². The Morgan fingerprint density at radius 3 is 2.52 bits per heavy atom. The van der Waals surface area contributed by atoms with Crippen LogP contribution in [0.15, 0.2) is 72.9 Å². The predicted octanol–water partition coefficient (Wildman–Crippen LogP) is 4.04. The average Bonchev–Trinajstić information content (AvgIpc) is 3.06. The Balaban J connectivity index is 1.68. The minimum atomic E-state index is 0.667. The molecule has 0 aliphatic heterocycles. The van der Waals surface area contributed by atoms with Crippen molar-refractivity contribution >= 4 is 17.1 Å². The average molecular weight is 330 g/mol. The van der Waals surface area contributed by atoms with Crippen LogP contribution in [0.25, 0.3) is 16.9 Å². The second-order valence-corrected chi connectivity index (χ2v) is 5.65. The number of nitrogens with zero attached hydrogens (tertiary/aromatic N) is 3. The van der Waals surface area contributed by atoms with Crippen molar-refractivity contribution in [3.63, 3.8) is 0 Å². The third-order valence-corrected chi connectivity index (χ3v) is 4.05. The first-order valence-corrected chi connectivity index (χ1v) is 8.11. The molecule has 0 atom stereocenters. The number of ether oxygens (including phenoxy) is 1. The van der Waals surface area contributed by atoms with Gasteiger partial charge in [-0.05, 0) is 42.0 Å². The van der Waals surface area contributed by atoms with Gasteiger partial charge in [0.2, 0.25) is 5.95 Å². The maximum atomic E-state index is 5.20. The third kappa shape index (κ3) is 3.04. The van der Waals surface area contributed by atoms with Crippen molar-refractivity contribution in [2.24, 2.45) is 0 Å². The molecule has 1 N–H and O–H groups in total. The molecule has 0 aliphatic rings. The summed E-state index contributed by atoms with van der Waals surface area (Å²) in [4.78, 5) is 9.03. The Morgan fingerprint density at radius 2 is 1.76 bits per heavy atom. The molecule has 0 saturated carbocycles. The number of aromatic nitrogens is 3. The van der Waals surface area contributed by atoms with Gasteiger partial charge in [0.05, 0.1) is 12.6 Å². The van der Waals surface area contributed by atoms with Gasteiger partial charge in [-0.1, -0.05) is 30.3 Å².